The maximum atomic E-state index is 12.1. The van der Waals surface area contributed by atoms with Crippen molar-refractivity contribution in [2.45, 2.75) is 11.8 Å². The molecule has 0 heterocycles. The van der Waals surface area contributed by atoms with Crippen LogP contribution in [0.15, 0.2) is 15.4 Å². The minimum atomic E-state index is -3.95. The van der Waals surface area contributed by atoms with E-state index in [1.165, 1.54) is 20.1 Å². The van der Waals surface area contributed by atoms with Gasteiger partial charge in [-0.15, -0.1) is 12.4 Å². The fourth-order valence-corrected chi connectivity index (χ4v) is 3.38. The van der Waals surface area contributed by atoms with Gasteiger partial charge in [-0.25, -0.2) is 13.1 Å². The molecule has 0 radical (unpaired) electrons. The Morgan fingerprint density at radius 3 is 2.52 bits per heavy atom. The first-order valence-electron chi connectivity index (χ1n) is 5.47. The van der Waals surface area contributed by atoms with Gasteiger partial charge < -0.3 is 10.5 Å². The monoisotopic (exact) mass is 403 g/mol. The Bertz CT molecular complexity index is 638. The van der Waals surface area contributed by atoms with Crippen LogP contribution >= 0.6 is 28.3 Å². The summed E-state index contributed by atoms with van der Waals surface area (Å²) in [7, 11) is -2.77. The van der Waals surface area contributed by atoms with E-state index in [9.17, 15) is 18.5 Å². The Morgan fingerprint density at radius 1 is 1.52 bits per heavy atom. The average Bonchev–Trinajstić information content (AvgIpc) is 2.38. The molecule has 0 amide bonds. The van der Waals surface area contributed by atoms with Gasteiger partial charge in [0, 0.05) is 23.1 Å². The summed E-state index contributed by atoms with van der Waals surface area (Å²) in [5.74, 6) is -0.305. The molecule has 11 heteroatoms. The molecule has 0 atom stereocenters. The smallest absolute Gasteiger partial charge is 0.316 e. The zero-order valence-corrected chi connectivity index (χ0v) is 14.5. The van der Waals surface area contributed by atoms with Crippen LogP contribution in [-0.4, -0.2) is 33.5 Å². The molecule has 120 valence electrons. The Labute approximate surface area is 136 Å². The number of ether oxygens (including phenoxy) is 1. The molecule has 8 nitrogen and oxygen atoms in total. The molecule has 0 saturated heterocycles. The highest BCUT2D eigenvalue weighted by molar-refractivity contribution is 9.10. The summed E-state index contributed by atoms with van der Waals surface area (Å²) in [6.45, 7) is 1.62. The third kappa shape index (κ3) is 4.27. The summed E-state index contributed by atoms with van der Waals surface area (Å²) in [6, 6.07) is 1.26. The van der Waals surface area contributed by atoms with Gasteiger partial charge in [0.25, 0.3) is 0 Å². The van der Waals surface area contributed by atoms with Crippen molar-refractivity contribution < 1.29 is 18.1 Å². The number of sulfonamides is 1. The number of hydrogen-bond acceptors (Lipinski definition) is 6. The Kier molecular flexibility index (Phi) is 7.54. The molecule has 0 unspecified atom stereocenters. The van der Waals surface area contributed by atoms with Crippen LogP contribution in [0, 0.1) is 17.0 Å². The molecule has 0 bridgehead atoms. The van der Waals surface area contributed by atoms with Crippen LogP contribution in [0.5, 0.6) is 5.75 Å². The molecule has 3 N–H and O–H groups in total. The SMILES string of the molecule is COc1c(S(=O)(=O)NCCN)cc(Br)c(C)c1[N+](=O)[O-].Cl. The van der Waals surface area contributed by atoms with Crippen LogP contribution < -0.4 is 15.2 Å². The Morgan fingerprint density at radius 2 is 2.10 bits per heavy atom. The molecule has 0 spiro atoms. The maximum absolute atomic E-state index is 12.1. The summed E-state index contributed by atoms with van der Waals surface area (Å²) in [5, 5.41) is 11.1. The van der Waals surface area contributed by atoms with Crippen molar-refractivity contribution in [2.75, 3.05) is 20.2 Å². The maximum Gasteiger partial charge on any atom is 0.316 e. The number of benzene rings is 1. The first-order chi connectivity index (χ1) is 9.26. The Hall–Kier alpha value is -0.940. The summed E-state index contributed by atoms with van der Waals surface area (Å²) < 4.78 is 31.7. The second kappa shape index (κ2) is 7.90. The van der Waals surface area contributed by atoms with Crippen molar-refractivity contribution in [1.29, 1.82) is 0 Å². The van der Waals surface area contributed by atoms with E-state index in [-0.39, 0.29) is 41.7 Å². The zero-order valence-electron chi connectivity index (χ0n) is 11.3. The molecule has 0 aliphatic rings. The van der Waals surface area contributed by atoms with E-state index in [2.05, 4.69) is 20.7 Å². The molecular formula is C10H15BrClN3O5S. The van der Waals surface area contributed by atoms with Crippen LogP contribution in [0.1, 0.15) is 5.56 Å². The number of nitrogens with one attached hydrogen (secondary N) is 1. The topological polar surface area (TPSA) is 125 Å². The fourth-order valence-electron chi connectivity index (χ4n) is 1.58. The molecule has 21 heavy (non-hydrogen) atoms. The molecule has 1 aromatic rings. The molecular weight excluding hydrogens is 390 g/mol. The van der Waals surface area contributed by atoms with Gasteiger partial charge in [-0.05, 0) is 13.0 Å². The summed E-state index contributed by atoms with van der Waals surface area (Å²) in [5.41, 5.74) is 5.13. The van der Waals surface area contributed by atoms with Gasteiger partial charge in [0.2, 0.25) is 15.8 Å². The van der Waals surface area contributed by atoms with Crippen LogP contribution in [0.2, 0.25) is 0 Å². The molecule has 1 rings (SSSR count). The minimum Gasteiger partial charge on any atom is -0.489 e. The van der Waals surface area contributed by atoms with Crippen molar-refractivity contribution in [3.8, 4) is 5.75 Å². The predicted molar refractivity (Wildman–Crippen MR) is 83.6 cm³/mol. The van der Waals surface area contributed by atoms with Crippen molar-refractivity contribution in [2.24, 2.45) is 5.73 Å². The number of hydrogen-bond donors (Lipinski definition) is 2. The van der Waals surface area contributed by atoms with Crippen LogP contribution in [0.4, 0.5) is 5.69 Å². The van der Waals surface area contributed by atoms with E-state index in [1.54, 1.807) is 0 Å². The second-order valence-corrected chi connectivity index (χ2v) is 6.40. The lowest BCUT2D eigenvalue weighted by Gasteiger charge is -2.13. The fraction of sp³-hybridized carbons (Fsp3) is 0.400. The summed E-state index contributed by atoms with van der Waals surface area (Å²) >= 11 is 3.11. The van der Waals surface area contributed by atoms with Crippen LogP contribution in [-0.2, 0) is 10.0 Å². The molecule has 0 fully saturated rings. The van der Waals surface area contributed by atoms with Crippen molar-refractivity contribution in [3.05, 3.63) is 26.2 Å². The molecule has 0 aliphatic carbocycles. The number of methoxy groups -OCH3 is 1. The number of halogens is 2. The molecule has 0 aliphatic heterocycles. The first kappa shape index (κ1) is 20.1. The van der Waals surface area contributed by atoms with Gasteiger partial charge >= 0.3 is 5.69 Å². The van der Waals surface area contributed by atoms with Crippen molar-refractivity contribution in [3.63, 3.8) is 0 Å². The summed E-state index contributed by atoms with van der Waals surface area (Å²) in [4.78, 5) is 10.1. The van der Waals surface area contributed by atoms with E-state index in [0.29, 0.717) is 4.47 Å². The third-order valence-electron chi connectivity index (χ3n) is 2.52. The first-order valence-corrected chi connectivity index (χ1v) is 7.75. The van der Waals surface area contributed by atoms with E-state index in [0.717, 1.165) is 0 Å². The lowest BCUT2D eigenvalue weighted by molar-refractivity contribution is -0.386. The van der Waals surface area contributed by atoms with E-state index in [4.69, 9.17) is 10.5 Å². The average molecular weight is 405 g/mol. The van der Waals surface area contributed by atoms with Gasteiger partial charge in [-0.1, -0.05) is 15.9 Å². The normalized spacial score (nSPS) is 10.9. The van der Waals surface area contributed by atoms with Gasteiger partial charge in [-0.2, -0.15) is 0 Å². The number of nitrogens with zero attached hydrogens (tertiary/aromatic N) is 1. The van der Waals surface area contributed by atoms with Crippen molar-refractivity contribution >= 4 is 44.0 Å². The highest BCUT2D eigenvalue weighted by Crippen LogP contribution is 2.40. The molecule has 1 aromatic carbocycles. The quantitative estimate of drug-likeness (QED) is 0.544. The van der Waals surface area contributed by atoms with Crippen LogP contribution in [0.25, 0.3) is 0 Å². The van der Waals surface area contributed by atoms with E-state index in [1.807, 2.05) is 0 Å². The van der Waals surface area contributed by atoms with E-state index < -0.39 is 20.6 Å². The highest BCUT2D eigenvalue weighted by Gasteiger charge is 2.30. The van der Waals surface area contributed by atoms with Gasteiger partial charge in [-0.3, -0.25) is 10.1 Å². The zero-order chi connectivity index (χ0) is 15.5. The van der Waals surface area contributed by atoms with Gasteiger partial charge in [0.15, 0.2) is 0 Å². The molecule has 0 saturated carbocycles. The van der Waals surface area contributed by atoms with Crippen LogP contribution in [0.3, 0.4) is 0 Å². The number of nitro benzene ring substituents is 1. The van der Waals surface area contributed by atoms with E-state index >= 15 is 0 Å². The lowest BCUT2D eigenvalue weighted by Crippen LogP contribution is -2.29. The standard InChI is InChI=1S/C10H14BrN3O5S.ClH/c1-6-7(11)5-8(20(17,18)13-4-3-12)10(19-2)9(6)14(15)16;/h5,13H,3-4,12H2,1-2H3;1H. The lowest BCUT2D eigenvalue weighted by atomic mass is 10.2. The number of nitrogens with two attached hydrogens (primary N) is 1. The Balaban J connectivity index is 0.00000400. The number of rotatable bonds is 6. The highest BCUT2D eigenvalue weighted by atomic mass is 79.9. The van der Waals surface area contributed by atoms with Gasteiger partial charge in [0.1, 0.15) is 4.90 Å². The minimum absolute atomic E-state index is 0. The third-order valence-corrected chi connectivity index (χ3v) is 4.81. The number of nitro groups is 1. The van der Waals surface area contributed by atoms with Gasteiger partial charge in [0.05, 0.1) is 12.0 Å². The largest absolute Gasteiger partial charge is 0.489 e. The molecule has 0 aromatic heterocycles. The summed E-state index contributed by atoms with van der Waals surface area (Å²) in [6.07, 6.45) is 0. The predicted octanol–water partition coefficient (Wildman–Crippen LogP) is 1.33. The second-order valence-electron chi connectivity index (χ2n) is 3.81. The van der Waals surface area contributed by atoms with Crippen molar-refractivity contribution in [1.82, 2.24) is 4.72 Å².